The van der Waals surface area contributed by atoms with Gasteiger partial charge in [0.15, 0.2) is 0 Å². The zero-order chi connectivity index (χ0) is 14.1. The fourth-order valence-corrected chi connectivity index (χ4v) is 2.96. The number of rotatable bonds is 6. The molecule has 0 heterocycles. The Bertz CT molecular complexity index is 261. The number of carbonyl (C=O) groups is 1. The van der Waals surface area contributed by atoms with Crippen molar-refractivity contribution in [2.24, 2.45) is 0 Å². The van der Waals surface area contributed by atoms with E-state index in [1.165, 1.54) is 38.5 Å². The number of nitrogens with one attached hydrogen (secondary N) is 2. The van der Waals surface area contributed by atoms with Gasteiger partial charge >= 0.3 is 0 Å². The van der Waals surface area contributed by atoms with Crippen LogP contribution in [0.15, 0.2) is 0 Å². The van der Waals surface area contributed by atoms with E-state index in [1.807, 2.05) is 0 Å². The van der Waals surface area contributed by atoms with E-state index in [0.717, 1.165) is 13.1 Å². The average molecular weight is 323 g/mol. The second-order valence-electron chi connectivity index (χ2n) is 6.39. The molecule has 1 aliphatic rings. The molecule has 3 nitrogen and oxygen atoms in total. The van der Waals surface area contributed by atoms with Crippen molar-refractivity contribution in [3.05, 3.63) is 0 Å². The molecule has 120 valence electrons. The van der Waals surface area contributed by atoms with Crippen molar-refractivity contribution in [1.29, 1.82) is 0 Å². The summed E-state index contributed by atoms with van der Waals surface area (Å²) in [5, 5.41) is 6.56. The second kappa shape index (κ2) is 10.7. The van der Waals surface area contributed by atoms with E-state index >= 15 is 0 Å². The minimum atomic E-state index is 0. The van der Waals surface area contributed by atoms with Gasteiger partial charge in [-0.15, -0.1) is 24.2 Å². The minimum absolute atomic E-state index is 0. The summed E-state index contributed by atoms with van der Waals surface area (Å²) >= 11 is 1.70. The summed E-state index contributed by atoms with van der Waals surface area (Å²) in [6.45, 7) is 8.06. The second-order valence-corrected chi connectivity index (χ2v) is 8.20. The highest BCUT2D eigenvalue weighted by Gasteiger charge is 2.13. The van der Waals surface area contributed by atoms with Crippen LogP contribution in [0.3, 0.4) is 0 Å². The summed E-state index contributed by atoms with van der Waals surface area (Å²) in [7, 11) is 0. The molecule has 0 aromatic heterocycles. The standard InChI is InChI=1S/C15H30N2OS.ClH/c1-15(2,3)19-12-14(18)17-11-10-16-13-8-6-4-5-7-9-13;/h13,16H,4-12H2,1-3H3,(H,17,18);1H. The molecular weight excluding hydrogens is 292 g/mol. The number of amides is 1. The predicted molar refractivity (Wildman–Crippen MR) is 92.0 cm³/mol. The maximum Gasteiger partial charge on any atom is 0.230 e. The molecule has 0 aromatic rings. The van der Waals surface area contributed by atoms with Crippen LogP contribution in [0.4, 0.5) is 0 Å². The van der Waals surface area contributed by atoms with Gasteiger partial charge in [-0.25, -0.2) is 0 Å². The number of hydrogen-bond donors (Lipinski definition) is 2. The first-order chi connectivity index (χ1) is 8.97. The maximum absolute atomic E-state index is 11.6. The molecule has 2 N–H and O–H groups in total. The van der Waals surface area contributed by atoms with Gasteiger partial charge in [0, 0.05) is 23.9 Å². The largest absolute Gasteiger partial charge is 0.354 e. The summed E-state index contributed by atoms with van der Waals surface area (Å²) in [6, 6.07) is 0.670. The third kappa shape index (κ3) is 10.8. The van der Waals surface area contributed by atoms with Crippen LogP contribution < -0.4 is 10.6 Å². The Labute approximate surface area is 134 Å². The van der Waals surface area contributed by atoms with Crippen molar-refractivity contribution in [3.63, 3.8) is 0 Å². The Kier molecular flexibility index (Phi) is 10.8. The first-order valence-electron chi connectivity index (χ1n) is 7.61. The highest BCUT2D eigenvalue weighted by atomic mass is 35.5. The quantitative estimate of drug-likeness (QED) is 0.582. The predicted octanol–water partition coefficient (Wildman–Crippen LogP) is 3.37. The summed E-state index contributed by atoms with van der Waals surface area (Å²) in [5.74, 6) is 0.718. The van der Waals surface area contributed by atoms with Crippen LogP contribution in [0.1, 0.15) is 59.3 Å². The summed E-state index contributed by atoms with van der Waals surface area (Å²) in [5.41, 5.74) is 0. The molecule has 0 aromatic carbocycles. The first-order valence-corrected chi connectivity index (χ1v) is 8.60. The maximum atomic E-state index is 11.6. The van der Waals surface area contributed by atoms with Gasteiger partial charge in [0.1, 0.15) is 0 Å². The van der Waals surface area contributed by atoms with Crippen LogP contribution in [0, 0.1) is 0 Å². The van der Waals surface area contributed by atoms with Crippen LogP contribution in [-0.4, -0.2) is 35.5 Å². The van der Waals surface area contributed by atoms with E-state index in [2.05, 4.69) is 31.4 Å². The molecule has 0 atom stereocenters. The summed E-state index contributed by atoms with van der Waals surface area (Å²) in [6.07, 6.45) is 8.08. The lowest BCUT2D eigenvalue weighted by atomic mass is 10.1. The minimum Gasteiger partial charge on any atom is -0.354 e. The number of halogens is 1. The van der Waals surface area contributed by atoms with Crippen molar-refractivity contribution >= 4 is 30.1 Å². The van der Waals surface area contributed by atoms with Crippen molar-refractivity contribution in [1.82, 2.24) is 10.6 Å². The van der Waals surface area contributed by atoms with Crippen molar-refractivity contribution in [2.75, 3.05) is 18.8 Å². The SMILES string of the molecule is CC(C)(C)SCC(=O)NCCNC1CCCCCC1.Cl. The first kappa shape index (κ1) is 20.1. The number of thioether (sulfide) groups is 1. The van der Waals surface area contributed by atoms with Gasteiger partial charge in [-0.1, -0.05) is 46.5 Å². The van der Waals surface area contributed by atoms with Gasteiger partial charge in [-0.05, 0) is 12.8 Å². The molecule has 1 aliphatic carbocycles. The van der Waals surface area contributed by atoms with E-state index in [0.29, 0.717) is 11.8 Å². The zero-order valence-corrected chi connectivity index (χ0v) is 14.8. The highest BCUT2D eigenvalue weighted by Crippen LogP contribution is 2.22. The van der Waals surface area contributed by atoms with Crippen LogP contribution in [0.5, 0.6) is 0 Å². The third-order valence-corrected chi connectivity index (χ3v) is 4.64. The molecule has 0 unspecified atom stereocenters. The number of carbonyl (C=O) groups excluding carboxylic acids is 1. The lowest BCUT2D eigenvalue weighted by Crippen LogP contribution is -2.37. The molecule has 0 bridgehead atoms. The monoisotopic (exact) mass is 322 g/mol. The molecule has 0 spiro atoms. The Morgan fingerprint density at radius 1 is 1.10 bits per heavy atom. The Morgan fingerprint density at radius 3 is 2.25 bits per heavy atom. The van der Waals surface area contributed by atoms with Gasteiger partial charge in [0.25, 0.3) is 0 Å². The molecule has 0 aliphatic heterocycles. The van der Waals surface area contributed by atoms with E-state index < -0.39 is 0 Å². The van der Waals surface area contributed by atoms with Gasteiger partial charge in [-0.3, -0.25) is 4.79 Å². The van der Waals surface area contributed by atoms with Crippen molar-refractivity contribution in [2.45, 2.75) is 70.1 Å². The summed E-state index contributed by atoms with van der Waals surface area (Å²) < 4.78 is 0.163. The van der Waals surface area contributed by atoms with Crippen molar-refractivity contribution in [3.8, 4) is 0 Å². The van der Waals surface area contributed by atoms with Crippen LogP contribution in [0.25, 0.3) is 0 Å². The Hall–Kier alpha value is 0.0700. The van der Waals surface area contributed by atoms with E-state index in [1.54, 1.807) is 11.8 Å². The average Bonchev–Trinajstić information content (AvgIpc) is 2.60. The van der Waals surface area contributed by atoms with Gasteiger partial charge in [-0.2, -0.15) is 0 Å². The van der Waals surface area contributed by atoms with Gasteiger partial charge in [0.05, 0.1) is 5.75 Å². The van der Waals surface area contributed by atoms with Gasteiger partial charge < -0.3 is 10.6 Å². The smallest absolute Gasteiger partial charge is 0.230 e. The van der Waals surface area contributed by atoms with E-state index in [4.69, 9.17) is 0 Å². The zero-order valence-electron chi connectivity index (χ0n) is 13.2. The van der Waals surface area contributed by atoms with E-state index in [-0.39, 0.29) is 23.1 Å². The lowest BCUT2D eigenvalue weighted by Gasteiger charge is -2.18. The molecule has 20 heavy (non-hydrogen) atoms. The van der Waals surface area contributed by atoms with Gasteiger partial charge in [0.2, 0.25) is 5.91 Å². The van der Waals surface area contributed by atoms with Crippen LogP contribution in [-0.2, 0) is 4.79 Å². The number of hydrogen-bond acceptors (Lipinski definition) is 3. The molecule has 1 rings (SSSR count). The fraction of sp³-hybridized carbons (Fsp3) is 0.933. The third-order valence-electron chi connectivity index (χ3n) is 3.37. The summed E-state index contributed by atoms with van der Waals surface area (Å²) in [4.78, 5) is 11.6. The molecule has 0 saturated heterocycles. The normalized spacial score (nSPS) is 17.1. The molecule has 5 heteroatoms. The molecule has 0 radical (unpaired) electrons. The molecule has 1 amide bonds. The topological polar surface area (TPSA) is 41.1 Å². The Balaban J connectivity index is 0.00000361. The molecule has 1 saturated carbocycles. The lowest BCUT2D eigenvalue weighted by molar-refractivity contribution is -0.118. The van der Waals surface area contributed by atoms with Crippen LogP contribution >= 0.6 is 24.2 Å². The Morgan fingerprint density at radius 2 is 1.70 bits per heavy atom. The molecule has 1 fully saturated rings. The van der Waals surface area contributed by atoms with E-state index in [9.17, 15) is 4.79 Å². The van der Waals surface area contributed by atoms with Crippen LogP contribution in [0.2, 0.25) is 0 Å². The highest BCUT2D eigenvalue weighted by molar-refractivity contribution is 8.01. The fourth-order valence-electron chi connectivity index (χ4n) is 2.29. The molecular formula is C15H31ClN2OS. The van der Waals surface area contributed by atoms with Crippen molar-refractivity contribution < 1.29 is 4.79 Å².